The maximum absolute atomic E-state index is 5.74. The molecule has 6 heteroatoms. The molecule has 2 aromatic rings. The number of para-hydroxylation sites is 1. The van der Waals surface area contributed by atoms with E-state index in [9.17, 15) is 0 Å². The van der Waals surface area contributed by atoms with Gasteiger partial charge in [-0.05, 0) is 46.3 Å². The van der Waals surface area contributed by atoms with Gasteiger partial charge in [0.15, 0.2) is 5.82 Å². The van der Waals surface area contributed by atoms with E-state index in [1.54, 1.807) is 0 Å². The van der Waals surface area contributed by atoms with Crippen molar-refractivity contribution in [2.45, 2.75) is 0 Å². The first-order valence-electron chi connectivity index (χ1n) is 4.46. The second-order valence-electron chi connectivity index (χ2n) is 3.05. The second kappa shape index (κ2) is 4.84. The quantitative estimate of drug-likeness (QED) is 0.648. The van der Waals surface area contributed by atoms with Gasteiger partial charge in [0.25, 0.3) is 0 Å². The fraction of sp³-hybridized carbons (Fsp3) is 0. The predicted molar refractivity (Wildman–Crippen MR) is 73.9 cm³/mol. The number of aromatic nitrogens is 2. The number of halogens is 2. The van der Waals surface area contributed by atoms with Crippen LogP contribution in [0.2, 0.25) is 5.28 Å². The maximum Gasteiger partial charge on any atom is 0.224 e. The standard InChI is InChI=1S/C10H8ClIN4/c11-10-14-5-7(13)9(16-10)15-8-4-2-1-3-6(8)12/h1-5H,13H2,(H,14,15,16). The van der Waals surface area contributed by atoms with Crippen LogP contribution in [0.5, 0.6) is 0 Å². The maximum atomic E-state index is 5.74. The summed E-state index contributed by atoms with van der Waals surface area (Å²) >= 11 is 7.93. The molecule has 3 N–H and O–H groups in total. The van der Waals surface area contributed by atoms with E-state index in [1.807, 2.05) is 24.3 Å². The molecule has 0 aliphatic heterocycles. The van der Waals surface area contributed by atoms with Crippen molar-refractivity contribution in [2.24, 2.45) is 0 Å². The van der Waals surface area contributed by atoms with Crippen LogP contribution in [0.25, 0.3) is 0 Å². The molecule has 4 nitrogen and oxygen atoms in total. The van der Waals surface area contributed by atoms with Crippen molar-refractivity contribution in [3.63, 3.8) is 0 Å². The first-order chi connectivity index (χ1) is 7.66. The van der Waals surface area contributed by atoms with Gasteiger partial charge >= 0.3 is 0 Å². The van der Waals surface area contributed by atoms with Crippen molar-refractivity contribution in [2.75, 3.05) is 11.1 Å². The highest BCUT2D eigenvalue weighted by Crippen LogP contribution is 2.24. The van der Waals surface area contributed by atoms with Gasteiger partial charge in [0.05, 0.1) is 17.6 Å². The minimum atomic E-state index is 0.169. The van der Waals surface area contributed by atoms with Crippen molar-refractivity contribution in [3.05, 3.63) is 39.3 Å². The summed E-state index contributed by atoms with van der Waals surface area (Å²) in [5, 5.41) is 3.28. The number of nitrogen functional groups attached to an aromatic ring is 1. The van der Waals surface area contributed by atoms with Gasteiger partial charge in [-0.25, -0.2) is 4.98 Å². The van der Waals surface area contributed by atoms with Gasteiger partial charge in [0, 0.05) is 3.57 Å². The summed E-state index contributed by atoms with van der Waals surface area (Å²) in [5.41, 5.74) is 7.14. The highest BCUT2D eigenvalue weighted by Gasteiger charge is 2.05. The molecular weight excluding hydrogens is 338 g/mol. The number of nitrogens with two attached hydrogens (primary N) is 1. The third-order valence-electron chi connectivity index (χ3n) is 1.91. The Kier molecular flexibility index (Phi) is 3.45. The van der Waals surface area contributed by atoms with Gasteiger partial charge in [-0.3, -0.25) is 0 Å². The van der Waals surface area contributed by atoms with E-state index in [1.165, 1.54) is 6.20 Å². The molecule has 2 rings (SSSR count). The zero-order valence-electron chi connectivity index (χ0n) is 8.11. The molecule has 0 radical (unpaired) electrons. The van der Waals surface area contributed by atoms with Crippen molar-refractivity contribution >= 4 is 51.4 Å². The van der Waals surface area contributed by atoms with E-state index < -0.39 is 0 Å². The number of nitrogens with one attached hydrogen (secondary N) is 1. The van der Waals surface area contributed by atoms with Crippen LogP contribution >= 0.6 is 34.2 Å². The topological polar surface area (TPSA) is 63.8 Å². The molecule has 1 aromatic heterocycles. The van der Waals surface area contributed by atoms with Crippen LogP contribution in [0.3, 0.4) is 0 Å². The molecule has 0 atom stereocenters. The fourth-order valence-electron chi connectivity index (χ4n) is 1.16. The molecule has 0 aliphatic rings. The molecule has 0 aliphatic carbocycles. The van der Waals surface area contributed by atoms with Crippen molar-refractivity contribution in [1.82, 2.24) is 9.97 Å². The summed E-state index contributed by atoms with van der Waals surface area (Å²) < 4.78 is 1.08. The third-order valence-corrected chi connectivity index (χ3v) is 3.04. The molecule has 0 unspecified atom stereocenters. The first kappa shape index (κ1) is 11.4. The van der Waals surface area contributed by atoms with E-state index in [0.29, 0.717) is 11.5 Å². The van der Waals surface area contributed by atoms with Crippen molar-refractivity contribution < 1.29 is 0 Å². The number of hydrogen-bond donors (Lipinski definition) is 2. The lowest BCUT2D eigenvalue weighted by Gasteiger charge is -2.09. The Morgan fingerprint density at radius 1 is 1.31 bits per heavy atom. The molecule has 0 amide bonds. The fourth-order valence-corrected chi connectivity index (χ4v) is 1.82. The number of nitrogens with zero attached hydrogens (tertiary/aromatic N) is 2. The molecule has 0 bridgehead atoms. The van der Waals surface area contributed by atoms with E-state index in [4.69, 9.17) is 17.3 Å². The van der Waals surface area contributed by atoms with Crippen LogP contribution in [0.15, 0.2) is 30.5 Å². The number of anilines is 3. The summed E-state index contributed by atoms with van der Waals surface area (Å²) in [6, 6.07) is 7.83. The van der Waals surface area contributed by atoms with Crippen LogP contribution in [-0.2, 0) is 0 Å². The zero-order chi connectivity index (χ0) is 11.5. The minimum Gasteiger partial charge on any atom is -0.394 e. The Morgan fingerprint density at radius 3 is 2.81 bits per heavy atom. The Labute approximate surface area is 111 Å². The summed E-state index contributed by atoms with van der Waals surface area (Å²) in [5.74, 6) is 0.518. The Bertz CT molecular complexity index is 518. The lowest BCUT2D eigenvalue weighted by atomic mass is 10.3. The highest BCUT2D eigenvalue weighted by atomic mass is 127. The van der Waals surface area contributed by atoms with Gasteiger partial charge in [-0.2, -0.15) is 4.98 Å². The SMILES string of the molecule is Nc1cnc(Cl)nc1Nc1ccccc1I. The van der Waals surface area contributed by atoms with Crippen molar-refractivity contribution in [3.8, 4) is 0 Å². The van der Waals surface area contributed by atoms with Crippen LogP contribution < -0.4 is 11.1 Å². The van der Waals surface area contributed by atoms with E-state index in [0.717, 1.165) is 9.26 Å². The molecule has 1 heterocycles. The van der Waals surface area contributed by atoms with Gasteiger partial charge in [0.2, 0.25) is 5.28 Å². The number of hydrogen-bond acceptors (Lipinski definition) is 4. The third kappa shape index (κ3) is 2.53. The second-order valence-corrected chi connectivity index (χ2v) is 4.55. The Morgan fingerprint density at radius 2 is 2.06 bits per heavy atom. The van der Waals surface area contributed by atoms with Gasteiger partial charge in [-0.1, -0.05) is 12.1 Å². The van der Waals surface area contributed by atoms with Crippen LogP contribution in [0.4, 0.5) is 17.2 Å². The number of benzene rings is 1. The summed E-state index contributed by atoms with van der Waals surface area (Å²) in [7, 11) is 0. The van der Waals surface area contributed by atoms with Crippen LogP contribution in [-0.4, -0.2) is 9.97 Å². The average molecular weight is 347 g/mol. The normalized spacial score (nSPS) is 10.1. The van der Waals surface area contributed by atoms with E-state index in [-0.39, 0.29) is 5.28 Å². The number of rotatable bonds is 2. The van der Waals surface area contributed by atoms with Gasteiger partial charge < -0.3 is 11.1 Å². The average Bonchev–Trinajstić information content (AvgIpc) is 2.27. The summed E-state index contributed by atoms with van der Waals surface area (Å²) in [4.78, 5) is 7.81. The molecule has 16 heavy (non-hydrogen) atoms. The lowest BCUT2D eigenvalue weighted by Crippen LogP contribution is -2.01. The smallest absolute Gasteiger partial charge is 0.224 e. The van der Waals surface area contributed by atoms with Crippen LogP contribution in [0, 0.1) is 3.57 Å². The minimum absolute atomic E-state index is 0.169. The summed E-state index contributed by atoms with van der Waals surface area (Å²) in [6.45, 7) is 0. The molecular formula is C10H8ClIN4. The van der Waals surface area contributed by atoms with Gasteiger partial charge in [0.1, 0.15) is 0 Å². The molecule has 82 valence electrons. The molecule has 0 fully saturated rings. The highest BCUT2D eigenvalue weighted by molar-refractivity contribution is 14.1. The van der Waals surface area contributed by atoms with E-state index >= 15 is 0 Å². The molecule has 1 aromatic carbocycles. The predicted octanol–water partition coefficient (Wildman–Crippen LogP) is 3.06. The Balaban J connectivity index is 2.34. The zero-order valence-corrected chi connectivity index (χ0v) is 11.0. The van der Waals surface area contributed by atoms with Gasteiger partial charge in [-0.15, -0.1) is 0 Å². The lowest BCUT2D eigenvalue weighted by molar-refractivity contribution is 1.17. The monoisotopic (exact) mass is 346 g/mol. The molecule has 0 saturated carbocycles. The Hall–Kier alpha value is -1.08. The van der Waals surface area contributed by atoms with E-state index in [2.05, 4.69) is 37.9 Å². The summed E-state index contributed by atoms with van der Waals surface area (Å²) in [6.07, 6.45) is 1.48. The molecule has 0 saturated heterocycles. The first-order valence-corrected chi connectivity index (χ1v) is 5.92. The van der Waals surface area contributed by atoms with Crippen LogP contribution in [0.1, 0.15) is 0 Å². The largest absolute Gasteiger partial charge is 0.394 e. The molecule has 0 spiro atoms. The van der Waals surface area contributed by atoms with Crippen molar-refractivity contribution in [1.29, 1.82) is 0 Å².